The molecule has 3 aliphatic rings. The number of allylic oxidation sites excluding steroid dienone is 1. The van der Waals surface area contributed by atoms with Gasteiger partial charge < -0.3 is 49.4 Å². The zero-order valence-electron chi connectivity index (χ0n) is 31.8. The van der Waals surface area contributed by atoms with E-state index in [0.717, 1.165) is 47.4 Å². The number of aliphatic hydroxyl groups is 4. The number of aromatic nitrogens is 2. The Morgan fingerprint density at radius 3 is 2.22 bits per heavy atom. The lowest BCUT2D eigenvalue weighted by Crippen LogP contribution is -2.59. The van der Waals surface area contributed by atoms with Gasteiger partial charge in [-0.3, -0.25) is 29.4 Å². The van der Waals surface area contributed by atoms with Crippen LogP contribution >= 0.6 is 0 Å². The van der Waals surface area contributed by atoms with E-state index in [-0.39, 0.29) is 6.54 Å². The van der Waals surface area contributed by atoms with Crippen LogP contribution in [0.25, 0.3) is 0 Å². The summed E-state index contributed by atoms with van der Waals surface area (Å²) >= 11 is 0. The maximum atomic E-state index is 14.3. The predicted octanol–water partition coefficient (Wildman–Crippen LogP) is -1.22. The van der Waals surface area contributed by atoms with E-state index >= 15 is 0 Å². The van der Waals surface area contributed by atoms with Crippen molar-refractivity contribution >= 4 is 17.8 Å². The highest BCUT2D eigenvalue weighted by atomic mass is 16.7. The van der Waals surface area contributed by atoms with Crippen molar-refractivity contribution in [2.24, 2.45) is 0 Å². The van der Waals surface area contributed by atoms with E-state index in [1.165, 1.54) is 64.2 Å². The zero-order chi connectivity index (χ0) is 40.4. The summed E-state index contributed by atoms with van der Waals surface area (Å²) in [7, 11) is 4.05. The number of rotatable bonds is 19. The van der Waals surface area contributed by atoms with E-state index < -0.39 is 103 Å². The molecule has 1 aromatic heterocycles. The summed E-state index contributed by atoms with van der Waals surface area (Å²) in [5.41, 5.74) is -1.71. The molecule has 19 nitrogen and oxygen atoms in total. The number of hydrogen-bond acceptors (Lipinski definition) is 15. The maximum absolute atomic E-state index is 14.3. The van der Waals surface area contributed by atoms with Gasteiger partial charge in [0.05, 0.1) is 0 Å². The number of aliphatic hydroxyl groups excluding tert-OH is 4. The van der Waals surface area contributed by atoms with Gasteiger partial charge in [0, 0.05) is 31.9 Å². The van der Waals surface area contributed by atoms with Gasteiger partial charge in [-0.25, -0.2) is 14.4 Å². The Bertz CT molecular complexity index is 1570. The zero-order valence-corrected chi connectivity index (χ0v) is 31.8. The molecule has 3 saturated heterocycles. The topological polar surface area (TPSA) is 263 Å². The highest BCUT2D eigenvalue weighted by Gasteiger charge is 2.57. The minimum Gasteiger partial charge on any atom is -0.480 e. The lowest BCUT2D eigenvalue weighted by Gasteiger charge is -2.38. The molecule has 0 spiro atoms. The van der Waals surface area contributed by atoms with Crippen molar-refractivity contribution in [1.82, 2.24) is 24.7 Å². The third-order valence-corrected chi connectivity index (χ3v) is 10.4. The van der Waals surface area contributed by atoms with E-state index in [1.807, 2.05) is 4.98 Å². The number of likely N-dealkylation sites (N-methyl/N-ethyl adjacent to an activating group) is 3. The number of esters is 1. The van der Waals surface area contributed by atoms with E-state index in [1.54, 1.807) is 6.08 Å². The summed E-state index contributed by atoms with van der Waals surface area (Å²) in [6.07, 6.45) is -1.15. The van der Waals surface area contributed by atoms with E-state index in [2.05, 4.69) is 12.2 Å². The molecule has 12 unspecified atom stereocenters. The Balaban J connectivity index is 1.54. The molecular formula is C36H57N5O14. The number of hydrogen-bond donors (Lipinski definition) is 7. The highest BCUT2D eigenvalue weighted by Crippen LogP contribution is 2.36. The van der Waals surface area contributed by atoms with Crippen molar-refractivity contribution in [3.05, 3.63) is 45.3 Å². The van der Waals surface area contributed by atoms with Crippen LogP contribution in [0.5, 0.6) is 0 Å². The molecule has 19 heteroatoms. The summed E-state index contributed by atoms with van der Waals surface area (Å²) in [5.74, 6) is -3.18. The fraction of sp³-hybridized carbons (Fsp3) is 0.750. The smallest absolute Gasteiger partial charge is 0.330 e. The second-order valence-electron chi connectivity index (χ2n) is 14.4. The second-order valence-corrected chi connectivity index (χ2v) is 14.4. The minimum absolute atomic E-state index is 0.348. The van der Waals surface area contributed by atoms with Gasteiger partial charge in [-0.05, 0) is 26.9 Å². The molecule has 3 aliphatic heterocycles. The molecule has 1 amide bonds. The molecule has 0 saturated carbocycles. The van der Waals surface area contributed by atoms with Crippen LogP contribution in [0.2, 0.25) is 0 Å². The van der Waals surface area contributed by atoms with Crippen molar-refractivity contribution in [3.63, 3.8) is 0 Å². The number of ether oxygens (including phenoxy) is 4. The summed E-state index contributed by atoms with van der Waals surface area (Å²) < 4.78 is 24.2. The molecule has 4 rings (SSSR count). The highest BCUT2D eigenvalue weighted by molar-refractivity contribution is 5.89. The Hall–Kier alpha value is -3.53. The van der Waals surface area contributed by atoms with Crippen LogP contribution in [0.15, 0.2) is 34.0 Å². The third-order valence-electron chi connectivity index (χ3n) is 10.4. The molecule has 55 heavy (non-hydrogen) atoms. The molecule has 0 aliphatic carbocycles. The lowest BCUT2D eigenvalue weighted by molar-refractivity contribution is -0.235. The summed E-state index contributed by atoms with van der Waals surface area (Å²) in [4.78, 5) is 68.4. The van der Waals surface area contributed by atoms with E-state index in [4.69, 9.17) is 18.9 Å². The fourth-order valence-corrected chi connectivity index (χ4v) is 7.34. The number of carbonyl (C=O) groups excluding carboxylic acids is 2. The van der Waals surface area contributed by atoms with Crippen LogP contribution in [-0.4, -0.2) is 158 Å². The molecule has 1 aromatic rings. The number of nitrogens with one attached hydrogen (secondary N) is 2. The molecule has 310 valence electrons. The van der Waals surface area contributed by atoms with Gasteiger partial charge in [-0.1, -0.05) is 64.4 Å². The molecule has 7 N–H and O–H groups in total. The number of unbranched alkanes of at least 4 members (excludes halogenated alkanes) is 9. The quantitative estimate of drug-likeness (QED) is 0.0493. The molecule has 0 radical (unpaired) electrons. The van der Waals surface area contributed by atoms with Gasteiger partial charge in [0.15, 0.2) is 18.6 Å². The van der Waals surface area contributed by atoms with Crippen molar-refractivity contribution < 1.29 is 58.9 Å². The average molecular weight is 784 g/mol. The third kappa shape index (κ3) is 10.9. The number of carbonyl (C=O) groups is 3. The summed E-state index contributed by atoms with van der Waals surface area (Å²) in [6.45, 7) is 1.84. The van der Waals surface area contributed by atoms with Crippen LogP contribution in [0.1, 0.15) is 77.4 Å². The number of H-pyrrole nitrogens is 1. The number of carboxylic acids is 1. The molecule has 3 fully saturated rings. The van der Waals surface area contributed by atoms with Crippen molar-refractivity contribution in [2.45, 2.75) is 145 Å². The maximum Gasteiger partial charge on any atom is 0.330 e. The van der Waals surface area contributed by atoms with Gasteiger partial charge in [0.1, 0.15) is 55.0 Å². The largest absolute Gasteiger partial charge is 0.480 e. The minimum atomic E-state index is -1.87. The first-order chi connectivity index (χ1) is 26.2. The van der Waals surface area contributed by atoms with E-state index in [0.29, 0.717) is 6.42 Å². The Kier molecular flexibility index (Phi) is 16.5. The number of carboxylic acid groups (broad SMARTS) is 1. The van der Waals surface area contributed by atoms with Crippen LogP contribution in [-0.2, 0) is 33.3 Å². The Labute approximate surface area is 318 Å². The summed E-state index contributed by atoms with van der Waals surface area (Å²) in [5, 5.41) is 56.6. The van der Waals surface area contributed by atoms with Crippen LogP contribution in [0, 0.1) is 0 Å². The average Bonchev–Trinajstić information content (AvgIpc) is 3.55. The van der Waals surface area contributed by atoms with Crippen molar-refractivity contribution in [2.75, 3.05) is 27.7 Å². The van der Waals surface area contributed by atoms with E-state index in [9.17, 15) is 49.5 Å². The van der Waals surface area contributed by atoms with Crippen molar-refractivity contribution in [1.29, 1.82) is 0 Å². The van der Waals surface area contributed by atoms with Crippen molar-refractivity contribution in [3.8, 4) is 0 Å². The first-order valence-electron chi connectivity index (χ1n) is 19.0. The SMILES string of the molecule is CCCCCCCCCCC/C=C/C(=O)OC1CN(C)C(C(OC2OC(NC)C(O)C2O)C2OC(n3ccc(=O)[nH]c3=O)C(O)C2O)C(=O)N(C)C1C(=O)O. The molecule has 0 aromatic carbocycles. The molecule has 0 bridgehead atoms. The van der Waals surface area contributed by atoms with Crippen LogP contribution in [0.3, 0.4) is 0 Å². The van der Waals surface area contributed by atoms with Gasteiger partial charge >= 0.3 is 17.6 Å². The van der Waals surface area contributed by atoms with Crippen LogP contribution in [0.4, 0.5) is 0 Å². The number of nitrogens with zero attached hydrogens (tertiary/aromatic N) is 3. The normalized spacial score (nSPS) is 32.3. The number of aromatic amines is 1. The number of amides is 1. The molecular weight excluding hydrogens is 726 g/mol. The fourth-order valence-electron chi connectivity index (χ4n) is 7.34. The van der Waals surface area contributed by atoms with Gasteiger partial charge in [-0.15, -0.1) is 0 Å². The lowest BCUT2D eigenvalue weighted by atomic mass is 9.97. The first kappa shape index (κ1) is 44.2. The van der Waals surface area contributed by atoms with Gasteiger partial charge in [0.25, 0.3) is 5.56 Å². The number of aliphatic carboxylic acids is 1. The molecule has 12 atom stereocenters. The van der Waals surface area contributed by atoms with Crippen LogP contribution < -0.4 is 16.6 Å². The Morgan fingerprint density at radius 2 is 1.62 bits per heavy atom. The predicted molar refractivity (Wildman–Crippen MR) is 193 cm³/mol. The van der Waals surface area contributed by atoms with Gasteiger partial charge in [-0.2, -0.15) is 0 Å². The first-order valence-corrected chi connectivity index (χ1v) is 19.0. The Morgan fingerprint density at radius 1 is 0.964 bits per heavy atom. The summed E-state index contributed by atoms with van der Waals surface area (Å²) in [6, 6.07) is -2.24. The van der Waals surface area contributed by atoms with Gasteiger partial charge in [0.2, 0.25) is 5.91 Å². The second kappa shape index (κ2) is 20.6. The molecule has 4 heterocycles. The standard InChI is InChI=1S/C36H57N5O14/c1-5-6-7-8-9-10-11-12-13-14-15-16-22(43)52-20-19-39(3)24(32(48)40(4)23(20)34(49)50)29(54-35-28(47)26(45)31(37-2)55-35)30-25(44)27(46)33(53-30)41-18-17-21(42)38-36(41)51/h15-18,20,23-31,33,35,37,44-47H,5-14,19H2,1-4H3,(H,49,50)(H,38,42,51)/b16-15+. The monoisotopic (exact) mass is 783 g/mol.